The van der Waals surface area contributed by atoms with E-state index in [0.29, 0.717) is 32.5 Å². The molecule has 3 fully saturated rings. The van der Waals surface area contributed by atoms with E-state index in [-0.39, 0.29) is 25.3 Å². The zero-order chi connectivity index (χ0) is 28.0. The van der Waals surface area contributed by atoms with E-state index < -0.39 is 52.9 Å². The fraction of sp³-hybridized carbons (Fsp3) is 0.655. The summed E-state index contributed by atoms with van der Waals surface area (Å²) in [4.78, 5) is 24.0. The van der Waals surface area contributed by atoms with Gasteiger partial charge in [-0.25, -0.2) is 9.59 Å². The topological polar surface area (TPSA) is 144 Å². The van der Waals surface area contributed by atoms with Crippen molar-refractivity contribution in [3.8, 4) is 0 Å². The molecule has 2 saturated heterocycles. The molecule has 0 aromatic carbocycles. The largest absolute Gasteiger partial charge is 0.458 e. The quantitative estimate of drug-likeness (QED) is 0.121. The van der Waals surface area contributed by atoms with Crippen LogP contribution in [0, 0.1) is 10.8 Å². The third kappa shape index (κ3) is 4.71. The maximum Gasteiger partial charge on any atom is 0.331 e. The summed E-state index contributed by atoms with van der Waals surface area (Å²) < 4.78 is 28.9. The zero-order valence-electron chi connectivity index (χ0n) is 22.6. The highest BCUT2D eigenvalue weighted by Gasteiger charge is 2.83. The Kier molecular flexibility index (Phi) is 7.64. The van der Waals surface area contributed by atoms with Crippen molar-refractivity contribution in [2.45, 2.75) is 82.3 Å². The summed E-state index contributed by atoms with van der Waals surface area (Å²) >= 11 is 0. The van der Waals surface area contributed by atoms with Gasteiger partial charge in [0.1, 0.15) is 24.4 Å². The Labute approximate surface area is 227 Å². The van der Waals surface area contributed by atoms with E-state index >= 15 is 0 Å². The van der Waals surface area contributed by atoms with Crippen molar-refractivity contribution in [1.29, 1.82) is 0 Å². The van der Waals surface area contributed by atoms with Gasteiger partial charge in [0.05, 0.1) is 44.2 Å². The minimum absolute atomic E-state index is 0.235. The van der Waals surface area contributed by atoms with Crippen LogP contribution in [0.2, 0.25) is 0 Å². The van der Waals surface area contributed by atoms with Crippen molar-refractivity contribution in [2.24, 2.45) is 10.8 Å². The van der Waals surface area contributed by atoms with Crippen LogP contribution in [0.1, 0.15) is 40.0 Å². The zero-order valence-corrected chi connectivity index (χ0v) is 22.6. The lowest BCUT2D eigenvalue weighted by molar-refractivity contribution is -0.235. The second-order valence-corrected chi connectivity index (χ2v) is 11.5. The fourth-order valence-corrected chi connectivity index (χ4v) is 6.90. The van der Waals surface area contributed by atoms with Crippen molar-refractivity contribution in [3.05, 3.63) is 47.6 Å². The predicted molar refractivity (Wildman–Crippen MR) is 137 cm³/mol. The van der Waals surface area contributed by atoms with E-state index in [2.05, 4.69) is 0 Å². The van der Waals surface area contributed by atoms with Gasteiger partial charge in [-0.1, -0.05) is 31.2 Å². The summed E-state index contributed by atoms with van der Waals surface area (Å²) in [5, 5.41) is 31.4. The van der Waals surface area contributed by atoms with E-state index in [1.807, 2.05) is 19.9 Å². The Morgan fingerprint density at radius 2 is 2.10 bits per heavy atom. The lowest BCUT2D eigenvalue weighted by Gasteiger charge is -2.58. The number of ether oxygens (including phenoxy) is 5. The SMILES string of the molecule is CC1=C[C@H]2OC3CC(OC(=O)/C=C\C=C\C(OCCC4=CC(=O)OC4)C(C)O)[C@](C)([C@@]2(CO)CC1O)[C@]31CO1. The van der Waals surface area contributed by atoms with Crippen LogP contribution in [0.25, 0.3) is 0 Å². The van der Waals surface area contributed by atoms with Crippen molar-refractivity contribution in [3.63, 3.8) is 0 Å². The van der Waals surface area contributed by atoms with Crippen molar-refractivity contribution in [2.75, 3.05) is 26.4 Å². The fourth-order valence-electron chi connectivity index (χ4n) is 6.90. The summed E-state index contributed by atoms with van der Waals surface area (Å²) in [6.07, 6.45) is 7.31. The monoisotopic (exact) mass is 546 g/mol. The molecule has 2 aliphatic carbocycles. The Hall–Kier alpha value is -2.34. The Bertz CT molecular complexity index is 1100. The van der Waals surface area contributed by atoms with Gasteiger partial charge in [-0.2, -0.15) is 0 Å². The number of aliphatic hydroxyl groups excluding tert-OH is 3. The summed E-state index contributed by atoms with van der Waals surface area (Å²) in [6.45, 7) is 6.23. The first-order chi connectivity index (χ1) is 18.6. The molecule has 9 atom stereocenters. The van der Waals surface area contributed by atoms with Gasteiger partial charge in [0.2, 0.25) is 0 Å². The number of aliphatic hydroxyl groups is 3. The smallest absolute Gasteiger partial charge is 0.331 e. The molecular weight excluding hydrogens is 508 g/mol. The second-order valence-electron chi connectivity index (χ2n) is 11.5. The number of rotatable bonds is 10. The van der Waals surface area contributed by atoms with Crippen LogP contribution in [-0.2, 0) is 33.3 Å². The number of carbonyl (C=O) groups excluding carboxylic acids is 2. The molecule has 214 valence electrons. The lowest BCUT2D eigenvalue weighted by atomic mass is 9.51. The molecule has 10 heteroatoms. The average Bonchev–Trinajstić information content (AvgIpc) is 3.56. The van der Waals surface area contributed by atoms with E-state index in [4.69, 9.17) is 23.7 Å². The van der Waals surface area contributed by atoms with Crippen molar-refractivity contribution >= 4 is 11.9 Å². The molecule has 5 rings (SSSR count). The third-order valence-corrected chi connectivity index (χ3v) is 9.43. The van der Waals surface area contributed by atoms with Crippen LogP contribution >= 0.6 is 0 Å². The summed E-state index contributed by atoms with van der Waals surface area (Å²) in [5.41, 5.74) is -0.625. The van der Waals surface area contributed by atoms with Crippen molar-refractivity contribution in [1.82, 2.24) is 0 Å². The summed E-state index contributed by atoms with van der Waals surface area (Å²) in [7, 11) is 0. The summed E-state index contributed by atoms with van der Waals surface area (Å²) in [6, 6.07) is 0. The van der Waals surface area contributed by atoms with E-state index in [0.717, 1.165) is 11.1 Å². The van der Waals surface area contributed by atoms with Gasteiger partial charge >= 0.3 is 11.9 Å². The molecule has 3 aliphatic heterocycles. The minimum atomic E-state index is -0.861. The van der Waals surface area contributed by atoms with E-state index in [9.17, 15) is 24.9 Å². The van der Waals surface area contributed by atoms with E-state index in [1.54, 1.807) is 19.1 Å². The van der Waals surface area contributed by atoms with Crippen molar-refractivity contribution < 1.29 is 48.6 Å². The van der Waals surface area contributed by atoms with Crippen LogP contribution in [-0.4, -0.2) is 95.9 Å². The Morgan fingerprint density at radius 3 is 2.74 bits per heavy atom. The highest BCUT2D eigenvalue weighted by Crippen LogP contribution is 2.71. The molecule has 1 saturated carbocycles. The normalized spacial score (nSPS) is 40.4. The van der Waals surface area contributed by atoms with Gasteiger partial charge in [0.15, 0.2) is 0 Å². The van der Waals surface area contributed by atoms with Crippen LogP contribution in [0.15, 0.2) is 47.6 Å². The Balaban J connectivity index is 1.23. The molecule has 0 amide bonds. The van der Waals surface area contributed by atoms with Gasteiger partial charge < -0.3 is 39.0 Å². The first-order valence-corrected chi connectivity index (χ1v) is 13.5. The molecule has 0 aromatic heterocycles. The molecule has 39 heavy (non-hydrogen) atoms. The predicted octanol–water partition coefficient (Wildman–Crippen LogP) is 1.29. The molecule has 5 aliphatic rings. The van der Waals surface area contributed by atoms with Crippen LogP contribution in [0.3, 0.4) is 0 Å². The lowest BCUT2D eigenvalue weighted by Crippen LogP contribution is -2.67. The maximum atomic E-state index is 12.9. The first kappa shape index (κ1) is 28.2. The maximum absolute atomic E-state index is 12.9. The molecular formula is C29H38O10. The number of esters is 2. The van der Waals surface area contributed by atoms with Crippen LogP contribution < -0.4 is 0 Å². The molecule has 0 aromatic rings. The van der Waals surface area contributed by atoms with Gasteiger partial charge in [0, 0.05) is 29.4 Å². The molecule has 2 bridgehead atoms. The number of hydrogen-bond donors (Lipinski definition) is 3. The first-order valence-electron chi connectivity index (χ1n) is 13.5. The number of epoxide rings is 1. The number of cyclic esters (lactones) is 1. The highest BCUT2D eigenvalue weighted by molar-refractivity contribution is 5.85. The number of fused-ring (bicyclic) bond motifs is 2. The highest BCUT2D eigenvalue weighted by atomic mass is 16.6. The average molecular weight is 547 g/mol. The molecule has 0 radical (unpaired) electrons. The molecule has 1 spiro atoms. The van der Waals surface area contributed by atoms with Gasteiger partial charge in [0.25, 0.3) is 0 Å². The molecule has 10 nitrogen and oxygen atoms in total. The molecule has 3 N–H and O–H groups in total. The van der Waals surface area contributed by atoms with Gasteiger partial charge in [-0.3, -0.25) is 0 Å². The summed E-state index contributed by atoms with van der Waals surface area (Å²) in [5.74, 6) is -0.902. The number of allylic oxidation sites excluding steroid dienone is 2. The molecule has 3 heterocycles. The Morgan fingerprint density at radius 1 is 1.33 bits per heavy atom. The second kappa shape index (κ2) is 10.6. The minimum Gasteiger partial charge on any atom is -0.458 e. The van der Waals surface area contributed by atoms with Gasteiger partial charge in [-0.05, 0) is 37.8 Å². The number of carbonyl (C=O) groups is 2. The number of hydrogen-bond acceptors (Lipinski definition) is 10. The van der Waals surface area contributed by atoms with Crippen LogP contribution in [0.5, 0.6) is 0 Å². The van der Waals surface area contributed by atoms with Gasteiger partial charge in [-0.15, -0.1) is 0 Å². The van der Waals surface area contributed by atoms with Crippen LogP contribution in [0.4, 0.5) is 0 Å². The third-order valence-electron chi connectivity index (χ3n) is 9.43. The standard InChI is InChI=1S/C29H38O10/c1-17-10-23-28(15-30,13-20(17)32)27(3)22(12-24(38-23)29(27)16-37-29)39-25(33)7-5-4-6-21(18(2)31)35-9-8-19-11-26(34)36-14-19/h4-7,10-11,18,20-24,30-32H,8-9,12-16H2,1-3H3/b6-4+,7-5-/t18?,20?,21?,22?,23-,24?,27-,28-,29+/m1/s1. The van der Waals surface area contributed by atoms with E-state index in [1.165, 1.54) is 18.2 Å². The molecule has 5 unspecified atom stereocenters.